The minimum atomic E-state index is -1.46. The lowest BCUT2D eigenvalue weighted by molar-refractivity contribution is -0.0631. The first kappa shape index (κ1) is 33.5. The number of rotatable bonds is 12. The van der Waals surface area contributed by atoms with Crippen LogP contribution in [0, 0.1) is 0 Å². The highest BCUT2D eigenvalue weighted by atomic mass is 16.7. The van der Waals surface area contributed by atoms with Gasteiger partial charge in [0, 0.05) is 0 Å². The number of hydrogen-bond acceptors (Lipinski definition) is 12. The number of nitrogens with zero attached hydrogens (tertiary/aromatic N) is 2. The highest BCUT2D eigenvalue weighted by Crippen LogP contribution is 2.37. The number of ether oxygens (including phenoxy) is 6. The van der Waals surface area contributed by atoms with Crippen LogP contribution in [-0.2, 0) is 28.4 Å². The Balaban J connectivity index is 1.57. The molecule has 0 saturated carbocycles. The molecule has 0 spiro atoms. The van der Waals surface area contributed by atoms with E-state index in [1.807, 2.05) is 0 Å². The van der Waals surface area contributed by atoms with E-state index in [0.29, 0.717) is 0 Å². The van der Waals surface area contributed by atoms with E-state index >= 15 is 0 Å². The second-order valence-corrected chi connectivity index (χ2v) is 10.3. The van der Waals surface area contributed by atoms with Crippen LogP contribution < -0.4 is 0 Å². The molecule has 1 aromatic heterocycles. The standard InChI is InChI=1S/C35H32N2O11/c1-3-43-34(41)26-27(35(42)44-4-2)37(21-36-26)30-29(48-33(40)24-18-12-7-13-19-24)28(47-32(39)23-16-10-6-11-17-23)25(46-30)20-45-31(38)22-14-8-5-9-15-22/h5-19,21,25,28-30H,3-4,20H2,1-2H3/t25-,28-,29-,30-/m0/s1. The van der Waals surface area contributed by atoms with Gasteiger partial charge in [0.2, 0.25) is 0 Å². The maximum atomic E-state index is 13.5. The molecule has 5 rings (SSSR count). The Morgan fingerprint density at radius 1 is 0.625 bits per heavy atom. The van der Waals surface area contributed by atoms with Crippen molar-refractivity contribution in [2.45, 2.75) is 38.4 Å². The van der Waals surface area contributed by atoms with E-state index in [1.165, 1.54) is 24.3 Å². The molecule has 0 bridgehead atoms. The summed E-state index contributed by atoms with van der Waals surface area (Å²) in [5.41, 5.74) is -0.101. The summed E-state index contributed by atoms with van der Waals surface area (Å²) in [5.74, 6) is -4.12. The van der Waals surface area contributed by atoms with Crippen LogP contribution in [0.2, 0.25) is 0 Å². The molecule has 13 heteroatoms. The van der Waals surface area contributed by atoms with E-state index in [4.69, 9.17) is 28.4 Å². The molecular weight excluding hydrogens is 624 g/mol. The van der Waals surface area contributed by atoms with Crippen LogP contribution in [0.15, 0.2) is 97.3 Å². The van der Waals surface area contributed by atoms with Gasteiger partial charge in [0.05, 0.1) is 36.2 Å². The number of hydrogen-bond donors (Lipinski definition) is 0. The molecule has 1 saturated heterocycles. The molecule has 13 nitrogen and oxygen atoms in total. The van der Waals surface area contributed by atoms with Crippen molar-refractivity contribution in [1.29, 1.82) is 0 Å². The number of esters is 5. The summed E-state index contributed by atoms with van der Waals surface area (Å²) in [6, 6.07) is 24.3. The van der Waals surface area contributed by atoms with E-state index in [0.717, 1.165) is 10.9 Å². The molecule has 0 unspecified atom stereocenters. The molecule has 0 aliphatic carbocycles. The van der Waals surface area contributed by atoms with Gasteiger partial charge < -0.3 is 28.4 Å². The van der Waals surface area contributed by atoms with E-state index < -0.39 is 61.0 Å². The Hall–Kier alpha value is -5.82. The molecule has 248 valence electrons. The van der Waals surface area contributed by atoms with E-state index in [2.05, 4.69) is 4.98 Å². The van der Waals surface area contributed by atoms with Crippen LogP contribution in [0.4, 0.5) is 0 Å². The first-order valence-electron chi connectivity index (χ1n) is 15.1. The molecular formula is C35H32N2O11. The Morgan fingerprint density at radius 2 is 1.10 bits per heavy atom. The second kappa shape index (κ2) is 15.6. The lowest BCUT2D eigenvalue weighted by Gasteiger charge is -2.25. The Bertz CT molecular complexity index is 1740. The quantitative estimate of drug-likeness (QED) is 0.156. The number of imidazole rings is 1. The van der Waals surface area contributed by atoms with Crippen LogP contribution >= 0.6 is 0 Å². The average Bonchev–Trinajstić information content (AvgIpc) is 3.70. The number of carbonyl (C=O) groups excluding carboxylic acids is 5. The van der Waals surface area contributed by atoms with Crippen LogP contribution in [0.3, 0.4) is 0 Å². The fraction of sp³-hybridized carbons (Fsp3) is 0.257. The fourth-order valence-electron chi connectivity index (χ4n) is 4.99. The summed E-state index contributed by atoms with van der Waals surface area (Å²) in [6.07, 6.45) is -4.37. The summed E-state index contributed by atoms with van der Waals surface area (Å²) < 4.78 is 35.2. The topological polar surface area (TPSA) is 159 Å². The fourth-order valence-corrected chi connectivity index (χ4v) is 4.99. The third kappa shape index (κ3) is 7.58. The van der Waals surface area contributed by atoms with Crippen molar-refractivity contribution in [3.05, 3.63) is 125 Å². The molecule has 1 aliphatic heterocycles. The summed E-state index contributed by atoms with van der Waals surface area (Å²) >= 11 is 0. The van der Waals surface area contributed by atoms with Crippen molar-refractivity contribution in [3.63, 3.8) is 0 Å². The zero-order chi connectivity index (χ0) is 34.0. The zero-order valence-electron chi connectivity index (χ0n) is 26.1. The highest BCUT2D eigenvalue weighted by molar-refractivity contribution is 6.00. The van der Waals surface area contributed by atoms with Crippen LogP contribution in [-0.4, -0.2) is 77.5 Å². The van der Waals surface area contributed by atoms with Gasteiger partial charge in [-0.25, -0.2) is 29.0 Å². The summed E-state index contributed by atoms with van der Waals surface area (Å²) in [4.78, 5) is 69.9. The summed E-state index contributed by atoms with van der Waals surface area (Å²) in [7, 11) is 0. The van der Waals surface area contributed by atoms with Crippen LogP contribution in [0.5, 0.6) is 0 Å². The average molecular weight is 657 g/mol. The van der Waals surface area contributed by atoms with Gasteiger partial charge in [-0.3, -0.25) is 4.57 Å². The number of carbonyl (C=O) groups is 5. The summed E-state index contributed by atoms with van der Waals surface area (Å²) in [6.45, 7) is 2.67. The van der Waals surface area contributed by atoms with E-state index in [-0.39, 0.29) is 41.3 Å². The minimum Gasteiger partial charge on any atom is -0.461 e. The smallest absolute Gasteiger partial charge is 0.359 e. The largest absolute Gasteiger partial charge is 0.461 e. The Labute approximate surface area is 275 Å². The van der Waals surface area contributed by atoms with Gasteiger partial charge in [-0.05, 0) is 50.2 Å². The Morgan fingerprint density at radius 3 is 1.62 bits per heavy atom. The first-order valence-corrected chi connectivity index (χ1v) is 15.1. The molecule has 3 aromatic carbocycles. The predicted octanol–water partition coefficient (Wildman–Crippen LogP) is 4.44. The maximum absolute atomic E-state index is 13.5. The van der Waals surface area contributed by atoms with Gasteiger partial charge in [0.15, 0.2) is 29.8 Å². The van der Waals surface area contributed by atoms with Crippen molar-refractivity contribution >= 4 is 29.8 Å². The second-order valence-electron chi connectivity index (χ2n) is 10.3. The molecule has 48 heavy (non-hydrogen) atoms. The predicted molar refractivity (Wildman–Crippen MR) is 166 cm³/mol. The van der Waals surface area contributed by atoms with E-state index in [1.54, 1.807) is 80.6 Å². The minimum absolute atomic E-state index is 0.00241. The van der Waals surface area contributed by atoms with Gasteiger partial charge in [-0.15, -0.1) is 0 Å². The zero-order valence-corrected chi connectivity index (χ0v) is 26.1. The normalized spacial score (nSPS) is 18.4. The third-order valence-electron chi connectivity index (χ3n) is 7.18. The molecule has 0 N–H and O–H groups in total. The third-order valence-corrected chi connectivity index (χ3v) is 7.18. The maximum Gasteiger partial charge on any atom is 0.359 e. The van der Waals surface area contributed by atoms with Crippen LogP contribution in [0.1, 0.15) is 72.1 Å². The van der Waals surface area contributed by atoms with Crippen molar-refractivity contribution in [1.82, 2.24) is 9.55 Å². The molecule has 0 radical (unpaired) electrons. The van der Waals surface area contributed by atoms with Crippen molar-refractivity contribution in [2.24, 2.45) is 0 Å². The van der Waals surface area contributed by atoms with E-state index in [9.17, 15) is 24.0 Å². The monoisotopic (exact) mass is 656 g/mol. The molecule has 0 amide bonds. The molecule has 4 atom stereocenters. The Kier molecular flexibility index (Phi) is 10.9. The highest BCUT2D eigenvalue weighted by Gasteiger charge is 2.52. The molecule has 1 aliphatic rings. The molecule has 4 aromatic rings. The molecule has 2 heterocycles. The lowest BCUT2D eigenvalue weighted by Crippen LogP contribution is -2.41. The van der Waals surface area contributed by atoms with Crippen molar-refractivity contribution in [3.8, 4) is 0 Å². The van der Waals surface area contributed by atoms with Gasteiger partial charge >= 0.3 is 29.8 Å². The van der Waals surface area contributed by atoms with Crippen LogP contribution in [0.25, 0.3) is 0 Å². The lowest BCUT2D eigenvalue weighted by atomic mass is 10.1. The first-order chi connectivity index (χ1) is 23.3. The van der Waals surface area contributed by atoms with Gasteiger partial charge in [-0.2, -0.15) is 0 Å². The van der Waals surface area contributed by atoms with Gasteiger partial charge in [-0.1, -0.05) is 54.6 Å². The van der Waals surface area contributed by atoms with Gasteiger partial charge in [0.1, 0.15) is 12.7 Å². The SMILES string of the molecule is CCOC(=O)c1ncn([C@H]2O[C@@H](COC(=O)c3ccccc3)[C@H](OC(=O)c3ccccc3)[C@@H]2OC(=O)c2ccccc2)c1C(=O)OCC. The van der Waals surface area contributed by atoms with Crippen molar-refractivity contribution < 1.29 is 52.4 Å². The van der Waals surface area contributed by atoms with Crippen molar-refractivity contribution in [2.75, 3.05) is 19.8 Å². The number of aromatic nitrogens is 2. The number of benzene rings is 3. The van der Waals surface area contributed by atoms with Gasteiger partial charge in [0.25, 0.3) is 0 Å². The summed E-state index contributed by atoms with van der Waals surface area (Å²) in [5, 5.41) is 0. The molecule has 1 fully saturated rings.